The van der Waals surface area contributed by atoms with Gasteiger partial charge in [-0.3, -0.25) is 4.31 Å². The van der Waals surface area contributed by atoms with Crippen molar-refractivity contribution in [2.24, 2.45) is 0 Å². The molecule has 0 radical (unpaired) electrons. The van der Waals surface area contributed by atoms with Gasteiger partial charge in [-0.15, -0.1) is 11.3 Å². The number of sulfonamides is 1. The van der Waals surface area contributed by atoms with Gasteiger partial charge in [0.25, 0.3) is 10.0 Å². The fraction of sp³-hybridized carbons (Fsp3) is 0.111. The summed E-state index contributed by atoms with van der Waals surface area (Å²) in [5, 5.41) is 11.5. The number of anilines is 1. The van der Waals surface area contributed by atoms with Gasteiger partial charge in [-0.2, -0.15) is 5.26 Å². The van der Waals surface area contributed by atoms with Crippen molar-refractivity contribution >= 4 is 27.0 Å². The van der Waals surface area contributed by atoms with Crippen LogP contribution in [0.3, 0.4) is 0 Å². The molecule has 1 heterocycles. The first kappa shape index (κ1) is 18.0. The predicted octanol–water partition coefficient (Wildman–Crippen LogP) is 3.86. The largest absolute Gasteiger partial charge is 0.264 e. The molecule has 1 aromatic heterocycles. The van der Waals surface area contributed by atoms with Crippen molar-refractivity contribution in [1.29, 1.82) is 5.26 Å². The molecule has 0 bridgehead atoms. The number of halogens is 1. The van der Waals surface area contributed by atoms with Crippen LogP contribution in [0.5, 0.6) is 0 Å². The molecule has 0 spiro atoms. The average molecular weight is 387 g/mol. The Morgan fingerprint density at radius 1 is 1.15 bits per heavy atom. The van der Waals surface area contributed by atoms with Gasteiger partial charge in [0.2, 0.25) is 0 Å². The molecule has 0 atom stereocenters. The molecule has 0 aliphatic carbocycles. The minimum absolute atomic E-state index is 0.0261. The van der Waals surface area contributed by atoms with Crippen molar-refractivity contribution in [3.05, 3.63) is 76.0 Å². The number of hydrogen-bond acceptors (Lipinski definition) is 5. The number of rotatable bonds is 5. The van der Waals surface area contributed by atoms with Crippen molar-refractivity contribution < 1.29 is 12.8 Å². The molecule has 2 aromatic carbocycles. The lowest BCUT2D eigenvalue weighted by Crippen LogP contribution is -2.30. The van der Waals surface area contributed by atoms with E-state index in [0.29, 0.717) is 16.9 Å². The number of aryl methyl sites for hydroxylation is 1. The van der Waals surface area contributed by atoms with E-state index < -0.39 is 15.8 Å². The molecular formula is C18H14FN3O2S2. The highest BCUT2D eigenvalue weighted by Crippen LogP contribution is 2.26. The average Bonchev–Trinajstić information content (AvgIpc) is 3.05. The van der Waals surface area contributed by atoms with Crippen LogP contribution in [0.2, 0.25) is 0 Å². The summed E-state index contributed by atoms with van der Waals surface area (Å²) in [6, 6.07) is 12.9. The van der Waals surface area contributed by atoms with Crippen LogP contribution in [0.25, 0.3) is 0 Å². The van der Waals surface area contributed by atoms with E-state index in [1.165, 1.54) is 64.2 Å². The number of nitrogens with zero attached hydrogens (tertiary/aromatic N) is 3. The monoisotopic (exact) mass is 387 g/mol. The van der Waals surface area contributed by atoms with E-state index in [4.69, 9.17) is 5.26 Å². The van der Waals surface area contributed by atoms with Gasteiger partial charge in [-0.25, -0.2) is 17.8 Å². The summed E-state index contributed by atoms with van der Waals surface area (Å²) in [5.41, 5.74) is 1.31. The molecule has 3 aromatic rings. The van der Waals surface area contributed by atoms with E-state index in [0.717, 1.165) is 5.01 Å². The molecule has 0 N–H and O–H groups in total. The molecule has 5 nitrogen and oxygen atoms in total. The highest BCUT2D eigenvalue weighted by molar-refractivity contribution is 7.92. The minimum Gasteiger partial charge on any atom is -0.260 e. The third-order valence-corrected chi connectivity index (χ3v) is 6.27. The Kier molecular flexibility index (Phi) is 5.02. The SMILES string of the molecule is Cc1nc(CN(c2ccc(F)cc2)S(=O)(=O)c2ccc(C#N)cc2)cs1. The van der Waals surface area contributed by atoms with Crippen molar-refractivity contribution in [1.82, 2.24) is 4.98 Å². The van der Waals surface area contributed by atoms with E-state index in [1.807, 2.05) is 13.0 Å². The quantitative estimate of drug-likeness (QED) is 0.666. The van der Waals surface area contributed by atoms with Gasteiger partial charge >= 0.3 is 0 Å². The Labute approximate surface area is 155 Å². The molecular weight excluding hydrogens is 373 g/mol. The molecule has 0 unspecified atom stereocenters. The van der Waals surface area contributed by atoms with Crippen LogP contribution in [0.15, 0.2) is 58.8 Å². The fourth-order valence-electron chi connectivity index (χ4n) is 2.38. The van der Waals surface area contributed by atoms with Crippen LogP contribution in [-0.2, 0) is 16.6 Å². The first-order chi connectivity index (χ1) is 12.4. The summed E-state index contributed by atoms with van der Waals surface area (Å²) in [6.07, 6.45) is 0. The second kappa shape index (κ2) is 7.23. The topological polar surface area (TPSA) is 74.1 Å². The molecule has 3 rings (SSSR count). The lowest BCUT2D eigenvalue weighted by molar-refractivity contribution is 0.589. The van der Waals surface area contributed by atoms with Crippen molar-refractivity contribution in [3.63, 3.8) is 0 Å². The Balaban J connectivity index is 2.05. The lowest BCUT2D eigenvalue weighted by atomic mass is 10.2. The van der Waals surface area contributed by atoms with Crippen LogP contribution < -0.4 is 4.31 Å². The molecule has 0 saturated heterocycles. The first-order valence-corrected chi connectivity index (χ1v) is 9.91. The summed E-state index contributed by atoms with van der Waals surface area (Å²) in [6.45, 7) is 1.86. The number of nitriles is 1. The second-order valence-electron chi connectivity index (χ2n) is 5.48. The summed E-state index contributed by atoms with van der Waals surface area (Å²) in [5.74, 6) is -0.450. The molecule has 0 amide bonds. The smallest absolute Gasteiger partial charge is 0.260 e. The van der Waals surface area contributed by atoms with Crippen LogP contribution in [0.1, 0.15) is 16.3 Å². The summed E-state index contributed by atoms with van der Waals surface area (Å²) >= 11 is 1.43. The Hall–Kier alpha value is -2.76. The zero-order chi connectivity index (χ0) is 18.7. The second-order valence-corrected chi connectivity index (χ2v) is 8.41. The highest BCUT2D eigenvalue weighted by Gasteiger charge is 2.26. The Bertz CT molecular complexity index is 1050. The van der Waals surface area contributed by atoms with Crippen molar-refractivity contribution in [2.75, 3.05) is 4.31 Å². The molecule has 132 valence electrons. The Morgan fingerprint density at radius 3 is 2.35 bits per heavy atom. The third-order valence-electron chi connectivity index (χ3n) is 3.66. The van der Waals surface area contributed by atoms with E-state index in [1.54, 1.807) is 5.38 Å². The van der Waals surface area contributed by atoms with Crippen LogP contribution in [0.4, 0.5) is 10.1 Å². The number of thiazole rings is 1. The highest BCUT2D eigenvalue weighted by atomic mass is 32.2. The van der Waals surface area contributed by atoms with E-state index >= 15 is 0 Å². The Morgan fingerprint density at radius 2 is 1.81 bits per heavy atom. The van der Waals surface area contributed by atoms with Gasteiger partial charge in [0, 0.05) is 5.38 Å². The van der Waals surface area contributed by atoms with Gasteiger partial charge in [0.15, 0.2) is 0 Å². The molecule has 8 heteroatoms. The van der Waals surface area contributed by atoms with Gasteiger partial charge in [0.05, 0.1) is 39.5 Å². The van der Waals surface area contributed by atoms with Crippen LogP contribution >= 0.6 is 11.3 Å². The maximum absolute atomic E-state index is 13.3. The zero-order valence-corrected chi connectivity index (χ0v) is 15.4. The summed E-state index contributed by atoms with van der Waals surface area (Å²) < 4.78 is 40.8. The standard InChI is InChI=1S/C18H14FN3O2S2/c1-13-21-16(12-25-13)11-22(17-6-4-15(19)5-7-17)26(23,24)18-8-2-14(10-20)3-9-18/h2-9,12H,11H2,1H3. The van der Waals surface area contributed by atoms with Gasteiger partial charge in [0.1, 0.15) is 5.82 Å². The van der Waals surface area contributed by atoms with Gasteiger partial charge < -0.3 is 0 Å². The summed E-state index contributed by atoms with van der Waals surface area (Å²) in [7, 11) is -3.91. The third kappa shape index (κ3) is 3.74. The van der Waals surface area contributed by atoms with Gasteiger partial charge in [-0.05, 0) is 55.5 Å². The van der Waals surface area contributed by atoms with Crippen LogP contribution in [0, 0.1) is 24.1 Å². The van der Waals surface area contributed by atoms with Crippen molar-refractivity contribution in [2.45, 2.75) is 18.4 Å². The zero-order valence-electron chi connectivity index (χ0n) is 13.8. The first-order valence-electron chi connectivity index (χ1n) is 7.59. The number of benzene rings is 2. The minimum atomic E-state index is -3.91. The van der Waals surface area contributed by atoms with E-state index in [9.17, 15) is 12.8 Å². The van der Waals surface area contributed by atoms with E-state index in [2.05, 4.69) is 4.98 Å². The van der Waals surface area contributed by atoms with Crippen molar-refractivity contribution in [3.8, 4) is 6.07 Å². The molecule has 0 fully saturated rings. The predicted molar refractivity (Wildman–Crippen MR) is 97.8 cm³/mol. The normalized spacial score (nSPS) is 11.1. The number of aromatic nitrogens is 1. The van der Waals surface area contributed by atoms with Gasteiger partial charge in [-0.1, -0.05) is 0 Å². The molecule has 0 aliphatic heterocycles. The molecule has 0 saturated carbocycles. The molecule has 26 heavy (non-hydrogen) atoms. The van der Waals surface area contributed by atoms with E-state index in [-0.39, 0.29) is 11.4 Å². The lowest BCUT2D eigenvalue weighted by Gasteiger charge is -2.24. The maximum atomic E-state index is 13.3. The number of hydrogen-bond donors (Lipinski definition) is 0. The summed E-state index contributed by atoms with van der Waals surface area (Å²) in [4.78, 5) is 4.37. The van der Waals surface area contributed by atoms with Crippen LogP contribution in [-0.4, -0.2) is 13.4 Å². The fourth-order valence-corrected chi connectivity index (χ4v) is 4.42. The maximum Gasteiger partial charge on any atom is 0.264 e. The molecule has 0 aliphatic rings.